The first-order valence-corrected chi connectivity index (χ1v) is 12.2. The van der Waals surface area contributed by atoms with Gasteiger partial charge in [0.25, 0.3) is 0 Å². The van der Waals surface area contributed by atoms with Gasteiger partial charge in [0, 0.05) is 12.3 Å². The highest BCUT2D eigenvalue weighted by atomic mass is 16.5. The second-order valence-electron chi connectivity index (χ2n) is 9.12. The summed E-state index contributed by atoms with van der Waals surface area (Å²) in [6.45, 7) is 2.13. The molecule has 2 N–H and O–H groups in total. The maximum Gasteiger partial charge on any atom is 0.407 e. The number of aliphatic carboxylic acids is 1. The van der Waals surface area contributed by atoms with Crippen molar-refractivity contribution in [1.82, 2.24) is 5.32 Å². The van der Waals surface area contributed by atoms with Crippen LogP contribution in [0.5, 0.6) is 11.5 Å². The van der Waals surface area contributed by atoms with Crippen LogP contribution in [0.15, 0.2) is 97.1 Å². The molecule has 1 unspecified atom stereocenters. The molecule has 0 saturated carbocycles. The van der Waals surface area contributed by atoms with E-state index in [4.69, 9.17) is 9.47 Å². The van der Waals surface area contributed by atoms with Crippen molar-refractivity contribution in [3.8, 4) is 22.6 Å². The summed E-state index contributed by atoms with van der Waals surface area (Å²) in [5.41, 5.74) is 6.35. The lowest BCUT2D eigenvalue weighted by molar-refractivity contribution is -0.139. The Labute approximate surface area is 215 Å². The Balaban J connectivity index is 1.19. The van der Waals surface area contributed by atoms with Gasteiger partial charge in [-0.25, -0.2) is 9.59 Å². The van der Waals surface area contributed by atoms with Crippen LogP contribution in [0.25, 0.3) is 11.1 Å². The third kappa shape index (κ3) is 5.48. The summed E-state index contributed by atoms with van der Waals surface area (Å²) in [7, 11) is 0. The standard InChI is InChI=1S/C31H27NO5/c1-20-10-14-22(15-11-20)37-23-16-12-21(13-17-23)18-29(30(33)34)32-31(35)36-19-28-26-8-4-2-6-24(26)25-7-3-5-9-27(25)28/h2-17,28-29H,18-19H2,1H3,(H,32,35)(H,33,34). The number of carbonyl (C=O) groups excluding carboxylic acids is 1. The van der Waals surface area contributed by atoms with Gasteiger partial charge in [-0.1, -0.05) is 78.4 Å². The number of ether oxygens (including phenoxy) is 2. The minimum absolute atomic E-state index is 0.0949. The minimum atomic E-state index is -1.13. The van der Waals surface area contributed by atoms with Crippen molar-refractivity contribution in [2.24, 2.45) is 0 Å². The summed E-state index contributed by atoms with van der Waals surface area (Å²) in [6, 6.07) is 29.8. The molecule has 0 bridgehead atoms. The zero-order valence-electron chi connectivity index (χ0n) is 20.4. The molecule has 1 atom stereocenters. The summed E-state index contributed by atoms with van der Waals surface area (Å²) in [6.07, 6.45) is -0.641. The maximum absolute atomic E-state index is 12.6. The summed E-state index contributed by atoms with van der Waals surface area (Å²) in [5.74, 6) is 0.138. The predicted molar refractivity (Wildman–Crippen MR) is 141 cm³/mol. The number of carboxylic acids is 1. The number of aryl methyl sites for hydroxylation is 1. The molecule has 5 rings (SSSR count). The number of hydrogen-bond acceptors (Lipinski definition) is 4. The van der Waals surface area contributed by atoms with Crippen LogP contribution in [0.2, 0.25) is 0 Å². The molecule has 6 nitrogen and oxygen atoms in total. The Hall–Kier alpha value is -4.58. The van der Waals surface area contributed by atoms with Crippen LogP contribution >= 0.6 is 0 Å². The highest BCUT2D eigenvalue weighted by molar-refractivity contribution is 5.81. The van der Waals surface area contributed by atoms with E-state index in [1.165, 1.54) is 0 Å². The first kappa shape index (κ1) is 24.1. The molecule has 0 fully saturated rings. The van der Waals surface area contributed by atoms with Crippen molar-refractivity contribution in [3.05, 3.63) is 119 Å². The number of alkyl carbamates (subject to hydrolysis) is 1. The topological polar surface area (TPSA) is 84.9 Å². The Morgan fingerprint density at radius 3 is 1.92 bits per heavy atom. The van der Waals surface area contributed by atoms with E-state index in [1.807, 2.05) is 67.6 Å². The quantitative estimate of drug-likeness (QED) is 0.300. The highest BCUT2D eigenvalue weighted by Crippen LogP contribution is 2.44. The Morgan fingerprint density at radius 1 is 0.811 bits per heavy atom. The van der Waals surface area contributed by atoms with Gasteiger partial charge in [-0.05, 0) is 59.0 Å². The molecule has 4 aromatic carbocycles. The van der Waals surface area contributed by atoms with Crippen LogP contribution in [-0.4, -0.2) is 29.8 Å². The SMILES string of the molecule is Cc1ccc(Oc2ccc(CC(NC(=O)OCC3c4ccccc4-c4ccccc43)C(=O)O)cc2)cc1. The number of amides is 1. The molecule has 0 spiro atoms. The molecule has 0 heterocycles. The minimum Gasteiger partial charge on any atom is -0.480 e. The molecule has 4 aromatic rings. The third-order valence-corrected chi connectivity index (χ3v) is 6.55. The largest absolute Gasteiger partial charge is 0.480 e. The summed E-state index contributed by atoms with van der Waals surface area (Å²) in [4.78, 5) is 24.5. The molecular weight excluding hydrogens is 466 g/mol. The second-order valence-corrected chi connectivity index (χ2v) is 9.12. The molecule has 6 heteroatoms. The van der Waals surface area contributed by atoms with Crippen molar-refractivity contribution in [1.29, 1.82) is 0 Å². The fourth-order valence-electron chi connectivity index (χ4n) is 4.65. The molecule has 186 valence electrons. The van der Waals surface area contributed by atoms with Gasteiger partial charge in [-0.2, -0.15) is 0 Å². The van der Waals surface area contributed by atoms with Crippen molar-refractivity contribution >= 4 is 12.1 Å². The van der Waals surface area contributed by atoms with E-state index in [-0.39, 0.29) is 18.9 Å². The molecule has 0 saturated heterocycles. The van der Waals surface area contributed by atoms with Crippen LogP contribution in [-0.2, 0) is 16.0 Å². The highest BCUT2D eigenvalue weighted by Gasteiger charge is 2.29. The Bertz CT molecular complexity index is 1370. The van der Waals surface area contributed by atoms with Gasteiger partial charge in [0.05, 0.1) is 0 Å². The normalized spacial score (nSPS) is 12.8. The molecule has 37 heavy (non-hydrogen) atoms. The van der Waals surface area contributed by atoms with Gasteiger partial charge in [0.1, 0.15) is 24.1 Å². The van der Waals surface area contributed by atoms with E-state index in [9.17, 15) is 14.7 Å². The van der Waals surface area contributed by atoms with E-state index >= 15 is 0 Å². The van der Waals surface area contributed by atoms with Gasteiger partial charge in [-0.3, -0.25) is 0 Å². The smallest absolute Gasteiger partial charge is 0.407 e. The van der Waals surface area contributed by atoms with Crippen LogP contribution in [0.1, 0.15) is 28.2 Å². The van der Waals surface area contributed by atoms with Crippen LogP contribution in [0, 0.1) is 6.92 Å². The zero-order valence-corrected chi connectivity index (χ0v) is 20.4. The Morgan fingerprint density at radius 2 is 1.35 bits per heavy atom. The van der Waals surface area contributed by atoms with E-state index in [2.05, 4.69) is 17.4 Å². The molecule has 0 aromatic heterocycles. The molecule has 1 aliphatic carbocycles. The van der Waals surface area contributed by atoms with Crippen LogP contribution in [0.3, 0.4) is 0 Å². The lowest BCUT2D eigenvalue weighted by atomic mass is 9.98. The summed E-state index contributed by atoms with van der Waals surface area (Å²) in [5, 5.41) is 12.2. The molecule has 1 aliphatic rings. The lowest BCUT2D eigenvalue weighted by Crippen LogP contribution is -2.42. The average Bonchev–Trinajstić information content (AvgIpc) is 3.23. The molecule has 1 amide bonds. The van der Waals surface area contributed by atoms with Crippen molar-refractivity contribution < 1.29 is 24.2 Å². The fraction of sp³-hybridized carbons (Fsp3) is 0.161. The van der Waals surface area contributed by atoms with Crippen molar-refractivity contribution in [2.75, 3.05) is 6.61 Å². The van der Waals surface area contributed by atoms with Crippen LogP contribution in [0.4, 0.5) is 4.79 Å². The van der Waals surface area contributed by atoms with Crippen molar-refractivity contribution in [3.63, 3.8) is 0 Å². The number of carbonyl (C=O) groups is 2. The zero-order chi connectivity index (χ0) is 25.8. The number of nitrogens with one attached hydrogen (secondary N) is 1. The van der Waals surface area contributed by atoms with E-state index in [1.54, 1.807) is 24.3 Å². The fourth-order valence-corrected chi connectivity index (χ4v) is 4.65. The molecule has 0 radical (unpaired) electrons. The van der Waals surface area contributed by atoms with E-state index < -0.39 is 18.1 Å². The molecular formula is C31H27NO5. The predicted octanol–water partition coefficient (Wildman–Crippen LogP) is 6.32. The van der Waals surface area contributed by atoms with Crippen LogP contribution < -0.4 is 10.1 Å². The van der Waals surface area contributed by atoms with Gasteiger partial charge >= 0.3 is 12.1 Å². The van der Waals surface area contributed by atoms with Gasteiger partial charge in [0.2, 0.25) is 0 Å². The second kappa shape index (κ2) is 10.6. The summed E-state index contributed by atoms with van der Waals surface area (Å²) >= 11 is 0. The number of fused-ring (bicyclic) bond motifs is 3. The number of rotatable bonds is 8. The average molecular weight is 494 g/mol. The van der Waals surface area contributed by atoms with Gasteiger partial charge < -0.3 is 19.9 Å². The first-order chi connectivity index (χ1) is 18.0. The monoisotopic (exact) mass is 493 g/mol. The van der Waals surface area contributed by atoms with E-state index in [0.717, 1.165) is 39.1 Å². The number of carboxylic acid groups (broad SMARTS) is 1. The van der Waals surface area contributed by atoms with Crippen molar-refractivity contribution in [2.45, 2.75) is 25.3 Å². The first-order valence-electron chi connectivity index (χ1n) is 12.2. The maximum atomic E-state index is 12.6. The van der Waals surface area contributed by atoms with E-state index in [0.29, 0.717) is 5.75 Å². The summed E-state index contributed by atoms with van der Waals surface area (Å²) < 4.78 is 11.3. The molecule has 0 aliphatic heterocycles. The Kier molecular flexibility index (Phi) is 6.90. The van der Waals surface area contributed by atoms with Gasteiger partial charge in [-0.15, -0.1) is 0 Å². The lowest BCUT2D eigenvalue weighted by Gasteiger charge is -2.17. The van der Waals surface area contributed by atoms with Gasteiger partial charge in [0.15, 0.2) is 0 Å². The number of benzene rings is 4. The number of hydrogen-bond donors (Lipinski definition) is 2. The third-order valence-electron chi connectivity index (χ3n) is 6.55.